The summed E-state index contributed by atoms with van der Waals surface area (Å²) in [5.41, 5.74) is -0.444. The Morgan fingerprint density at radius 2 is 2.00 bits per heavy atom. The van der Waals surface area contributed by atoms with E-state index in [2.05, 4.69) is 5.32 Å². The summed E-state index contributed by atoms with van der Waals surface area (Å²) < 4.78 is 59.9. The van der Waals surface area contributed by atoms with Crippen molar-refractivity contribution in [1.82, 2.24) is 0 Å². The molecule has 1 N–H and O–H groups in total. The van der Waals surface area contributed by atoms with Gasteiger partial charge in [0, 0.05) is 11.7 Å². The maximum Gasteiger partial charge on any atom is 0.416 e. The molecule has 1 aromatic rings. The van der Waals surface area contributed by atoms with Crippen molar-refractivity contribution in [3.8, 4) is 0 Å². The van der Waals surface area contributed by atoms with Crippen LogP contribution in [0.4, 0.5) is 18.9 Å². The van der Waals surface area contributed by atoms with Gasteiger partial charge in [-0.15, -0.1) is 0 Å². The van der Waals surface area contributed by atoms with E-state index in [1.807, 2.05) is 0 Å². The summed E-state index contributed by atoms with van der Waals surface area (Å²) in [5.74, 6) is 0.0624. The highest BCUT2D eigenvalue weighted by Crippen LogP contribution is 2.31. The fourth-order valence-corrected chi connectivity index (χ4v) is 3.60. The highest BCUT2D eigenvalue weighted by atomic mass is 32.2. The first-order chi connectivity index (χ1) is 8.26. The predicted molar refractivity (Wildman–Crippen MR) is 62.1 cm³/mol. The first-order valence-electron chi connectivity index (χ1n) is 5.40. The Labute approximate surface area is 103 Å². The van der Waals surface area contributed by atoms with E-state index in [1.54, 1.807) is 0 Å². The number of sulfone groups is 1. The summed E-state index contributed by atoms with van der Waals surface area (Å²) in [7, 11) is -3.04. The Balaban J connectivity index is 2.11. The Morgan fingerprint density at radius 1 is 1.28 bits per heavy atom. The fraction of sp³-hybridized carbons (Fsp3) is 0.455. The molecule has 1 aromatic carbocycles. The van der Waals surface area contributed by atoms with Crippen LogP contribution >= 0.6 is 0 Å². The molecule has 3 nitrogen and oxygen atoms in total. The summed E-state index contributed by atoms with van der Waals surface area (Å²) in [6.07, 6.45) is -3.96. The van der Waals surface area contributed by atoms with Gasteiger partial charge in [-0.1, -0.05) is 6.07 Å². The summed E-state index contributed by atoms with van der Waals surface area (Å²) in [6, 6.07) is 4.47. The SMILES string of the molecule is O=S1(=O)CC[C@@H](Nc2cccc(C(F)(F)F)c2)C1. The van der Waals surface area contributed by atoms with Crippen LogP contribution in [0.25, 0.3) is 0 Å². The third-order valence-electron chi connectivity index (χ3n) is 2.79. The lowest BCUT2D eigenvalue weighted by molar-refractivity contribution is -0.137. The number of rotatable bonds is 2. The minimum Gasteiger partial charge on any atom is -0.381 e. The van der Waals surface area contributed by atoms with Gasteiger partial charge >= 0.3 is 6.18 Å². The summed E-state index contributed by atoms with van der Waals surface area (Å²) in [6.45, 7) is 0. The van der Waals surface area contributed by atoms with Crippen LogP contribution in [0.5, 0.6) is 0 Å². The molecule has 0 saturated carbocycles. The molecule has 1 atom stereocenters. The van der Waals surface area contributed by atoms with Gasteiger partial charge in [-0.2, -0.15) is 13.2 Å². The topological polar surface area (TPSA) is 46.2 Å². The second kappa shape index (κ2) is 4.46. The van der Waals surface area contributed by atoms with Gasteiger partial charge < -0.3 is 5.32 Å². The number of hydrogen-bond donors (Lipinski definition) is 1. The zero-order valence-electron chi connectivity index (χ0n) is 9.37. The fourth-order valence-electron chi connectivity index (χ4n) is 1.93. The molecule has 0 spiro atoms. The van der Waals surface area contributed by atoms with Crippen molar-refractivity contribution in [1.29, 1.82) is 0 Å². The largest absolute Gasteiger partial charge is 0.416 e. The maximum atomic E-state index is 12.5. The van der Waals surface area contributed by atoms with E-state index in [0.29, 0.717) is 12.1 Å². The number of benzene rings is 1. The molecule has 18 heavy (non-hydrogen) atoms. The van der Waals surface area contributed by atoms with Crippen molar-refractivity contribution >= 4 is 15.5 Å². The average Bonchev–Trinajstić information content (AvgIpc) is 2.57. The molecule has 1 fully saturated rings. The monoisotopic (exact) mass is 279 g/mol. The zero-order valence-corrected chi connectivity index (χ0v) is 10.2. The number of nitrogens with one attached hydrogen (secondary N) is 1. The van der Waals surface area contributed by atoms with E-state index in [-0.39, 0.29) is 17.5 Å². The lowest BCUT2D eigenvalue weighted by Gasteiger charge is -2.14. The van der Waals surface area contributed by atoms with Crippen molar-refractivity contribution in [2.24, 2.45) is 0 Å². The van der Waals surface area contributed by atoms with Gasteiger partial charge in [-0.3, -0.25) is 0 Å². The molecule has 100 valence electrons. The molecule has 2 rings (SSSR count). The molecule has 0 radical (unpaired) electrons. The van der Waals surface area contributed by atoms with E-state index in [1.165, 1.54) is 12.1 Å². The molecule has 7 heteroatoms. The smallest absolute Gasteiger partial charge is 0.381 e. The first-order valence-corrected chi connectivity index (χ1v) is 7.23. The van der Waals surface area contributed by atoms with Crippen molar-refractivity contribution in [3.63, 3.8) is 0 Å². The Hall–Kier alpha value is -1.24. The molecule has 0 unspecified atom stereocenters. The van der Waals surface area contributed by atoms with Gasteiger partial charge in [-0.05, 0) is 24.6 Å². The Morgan fingerprint density at radius 3 is 2.56 bits per heavy atom. The van der Waals surface area contributed by atoms with E-state index < -0.39 is 21.6 Å². The Bertz CT molecular complexity index is 539. The molecular weight excluding hydrogens is 267 g/mol. The molecular formula is C11H12F3NO2S. The summed E-state index contributed by atoms with van der Waals surface area (Å²) >= 11 is 0. The molecule has 1 heterocycles. The number of halogens is 3. The van der Waals surface area contributed by atoms with Crippen LogP contribution in [-0.4, -0.2) is 26.0 Å². The van der Waals surface area contributed by atoms with Gasteiger partial charge in [0.1, 0.15) is 0 Å². The normalized spacial score (nSPS) is 22.9. The van der Waals surface area contributed by atoms with E-state index in [9.17, 15) is 21.6 Å². The highest BCUT2D eigenvalue weighted by Gasteiger charge is 2.31. The number of hydrogen-bond acceptors (Lipinski definition) is 3. The average molecular weight is 279 g/mol. The molecule has 0 aromatic heterocycles. The van der Waals surface area contributed by atoms with E-state index >= 15 is 0 Å². The van der Waals surface area contributed by atoms with Gasteiger partial charge in [0.2, 0.25) is 0 Å². The van der Waals surface area contributed by atoms with Crippen LogP contribution in [0.2, 0.25) is 0 Å². The maximum absolute atomic E-state index is 12.5. The quantitative estimate of drug-likeness (QED) is 0.903. The molecule has 0 bridgehead atoms. The summed E-state index contributed by atoms with van der Waals surface area (Å²) in [4.78, 5) is 0. The van der Waals surface area contributed by atoms with E-state index in [4.69, 9.17) is 0 Å². The van der Waals surface area contributed by atoms with Gasteiger partial charge in [0.15, 0.2) is 9.84 Å². The van der Waals surface area contributed by atoms with Gasteiger partial charge in [0.25, 0.3) is 0 Å². The lowest BCUT2D eigenvalue weighted by Crippen LogP contribution is -2.20. The zero-order chi connectivity index (χ0) is 13.4. The van der Waals surface area contributed by atoms with Crippen molar-refractivity contribution < 1.29 is 21.6 Å². The number of anilines is 1. The van der Waals surface area contributed by atoms with Crippen molar-refractivity contribution in [3.05, 3.63) is 29.8 Å². The van der Waals surface area contributed by atoms with Crippen LogP contribution in [0.1, 0.15) is 12.0 Å². The van der Waals surface area contributed by atoms with Crippen LogP contribution in [0.15, 0.2) is 24.3 Å². The van der Waals surface area contributed by atoms with Crippen LogP contribution in [0, 0.1) is 0 Å². The van der Waals surface area contributed by atoms with Gasteiger partial charge in [0.05, 0.1) is 17.1 Å². The predicted octanol–water partition coefficient (Wildman–Crippen LogP) is 2.30. The highest BCUT2D eigenvalue weighted by molar-refractivity contribution is 7.91. The minimum atomic E-state index is -4.39. The second-order valence-corrected chi connectivity index (χ2v) is 6.55. The standard InChI is InChI=1S/C11H12F3NO2S/c12-11(13,14)8-2-1-3-9(6-8)15-10-4-5-18(16,17)7-10/h1-3,6,10,15H,4-5,7H2/t10-/m1/s1. The lowest BCUT2D eigenvalue weighted by atomic mass is 10.1. The number of alkyl halides is 3. The van der Waals surface area contributed by atoms with Crippen LogP contribution in [-0.2, 0) is 16.0 Å². The first kappa shape index (κ1) is 13.2. The molecule has 1 aliphatic heterocycles. The Kier molecular flexibility index (Phi) is 3.27. The second-order valence-electron chi connectivity index (χ2n) is 4.32. The third kappa shape index (κ3) is 3.16. The third-order valence-corrected chi connectivity index (χ3v) is 4.56. The molecule has 1 aliphatic rings. The summed E-state index contributed by atoms with van der Waals surface area (Å²) in [5, 5.41) is 2.83. The van der Waals surface area contributed by atoms with Crippen molar-refractivity contribution in [2.75, 3.05) is 16.8 Å². The van der Waals surface area contributed by atoms with E-state index in [0.717, 1.165) is 12.1 Å². The minimum absolute atomic E-state index is 0.0246. The van der Waals surface area contributed by atoms with Crippen molar-refractivity contribution in [2.45, 2.75) is 18.6 Å². The van der Waals surface area contributed by atoms with Crippen LogP contribution in [0.3, 0.4) is 0 Å². The molecule has 0 aliphatic carbocycles. The van der Waals surface area contributed by atoms with Crippen LogP contribution < -0.4 is 5.32 Å². The molecule has 1 saturated heterocycles. The molecule has 0 amide bonds. The van der Waals surface area contributed by atoms with Gasteiger partial charge in [-0.25, -0.2) is 8.42 Å².